The molecule has 1 rings (SSSR count). The topological polar surface area (TPSA) is 46.5 Å². The molecule has 0 saturated heterocycles. The number of carbonyl (C=O) groups is 1. The van der Waals surface area contributed by atoms with Gasteiger partial charge in [0.05, 0.1) is 11.4 Å². The lowest BCUT2D eigenvalue weighted by molar-refractivity contribution is -0.108. The summed E-state index contributed by atoms with van der Waals surface area (Å²) in [7, 11) is 0. The van der Waals surface area contributed by atoms with Crippen LogP contribution in [0.1, 0.15) is 117 Å². The fraction of sp³-hybridized carbons (Fsp3) is 0.875. The van der Waals surface area contributed by atoms with Gasteiger partial charge in [-0.05, 0) is 39.0 Å². The van der Waals surface area contributed by atoms with Gasteiger partial charge in [0, 0.05) is 12.2 Å². The largest absolute Gasteiger partial charge is 0.496 e. The van der Waals surface area contributed by atoms with Crippen LogP contribution in [0.4, 0.5) is 0 Å². The Morgan fingerprint density at radius 1 is 0.857 bits per heavy atom. The van der Waals surface area contributed by atoms with Crippen molar-refractivity contribution in [2.45, 2.75) is 122 Å². The SMILES string of the molecule is CCCCCCCCCCC1(C)SC(=O)C(CCC)=C1OCCCCCCO. The van der Waals surface area contributed by atoms with Crippen molar-refractivity contribution in [2.24, 2.45) is 0 Å². The summed E-state index contributed by atoms with van der Waals surface area (Å²) in [6, 6.07) is 0. The quantitative estimate of drug-likeness (QED) is 0.242. The van der Waals surface area contributed by atoms with Crippen LogP contribution in [-0.4, -0.2) is 28.2 Å². The first-order valence-electron chi connectivity index (χ1n) is 11.8. The molecule has 0 bridgehead atoms. The van der Waals surface area contributed by atoms with E-state index in [0.29, 0.717) is 6.61 Å². The minimum atomic E-state index is -0.172. The zero-order valence-corrected chi connectivity index (χ0v) is 19.5. The number of hydrogen-bond acceptors (Lipinski definition) is 4. The molecule has 1 aliphatic rings. The van der Waals surface area contributed by atoms with Gasteiger partial charge in [0.2, 0.25) is 5.12 Å². The van der Waals surface area contributed by atoms with Crippen LogP contribution < -0.4 is 0 Å². The van der Waals surface area contributed by atoms with Crippen LogP contribution in [-0.2, 0) is 9.53 Å². The number of ether oxygens (including phenoxy) is 1. The van der Waals surface area contributed by atoms with Crippen LogP contribution in [0.15, 0.2) is 11.3 Å². The summed E-state index contributed by atoms with van der Waals surface area (Å²) in [5.41, 5.74) is 0.935. The van der Waals surface area contributed by atoms with Crippen LogP contribution in [0.2, 0.25) is 0 Å². The third-order valence-electron chi connectivity index (χ3n) is 5.63. The van der Waals surface area contributed by atoms with E-state index in [2.05, 4.69) is 20.8 Å². The van der Waals surface area contributed by atoms with E-state index in [0.717, 1.165) is 56.3 Å². The number of unbranched alkanes of at least 4 members (excludes halogenated alkanes) is 10. The lowest BCUT2D eigenvalue weighted by Gasteiger charge is -2.26. The molecule has 0 aromatic carbocycles. The van der Waals surface area contributed by atoms with Gasteiger partial charge in [-0.25, -0.2) is 0 Å². The Morgan fingerprint density at radius 2 is 1.46 bits per heavy atom. The van der Waals surface area contributed by atoms with Crippen molar-refractivity contribution in [3.63, 3.8) is 0 Å². The Hall–Kier alpha value is -0.480. The van der Waals surface area contributed by atoms with Crippen LogP contribution in [0, 0.1) is 0 Å². The summed E-state index contributed by atoms with van der Waals surface area (Å²) in [4.78, 5) is 12.6. The van der Waals surface area contributed by atoms with Gasteiger partial charge in [0.15, 0.2) is 0 Å². The van der Waals surface area contributed by atoms with Gasteiger partial charge >= 0.3 is 0 Å². The maximum atomic E-state index is 12.6. The molecule has 1 N–H and O–H groups in total. The second-order valence-corrected chi connectivity index (χ2v) is 9.87. The van der Waals surface area contributed by atoms with E-state index in [1.807, 2.05) is 0 Å². The molecule has 164 valence electrons. The van der Waals surface area contributed by atoms with E-state index in [1.54, 1.807) is 0 Å². The van der Waals surface area contributed by atoms with Gasteiger partial charge in [-0.15, -0.1) is 0 Å². The maximum Gasteiger partial charge on any atom is 0.219 e. The minimum absolute atomic E-state index is 0.172. The van der Waals surface area contributed by atoms with E-state index >= 15 is 0 Å². The Balaban J connectivity index is 2.47. The van der Waals surface area contributed by atoms with Crippen LogP contribution >= 0.6 is 11.8 Å². The number of hydrogen-bond donors (Lipinski definition) is 1. The zero-order chi connectivity index (χ0) is 20.7. The summed E-state index contributed by atoms with van der Waals surface area (Å²) >= 11 is 1.50. The second kappa shape index (κ2) is 15.4. The highest BCUT2D eigenvalue weighted by Crippen LogP contribution is 2.48. The molecule has 1 heterocycles. The Labute approximate surface area is 178 Å². The molecular formula is C24H44O3S. The van der Waals surface area contributed by atoms with Gasteiger partial charge in [-0.3, -0.25) is 4.79 Å². The molecule has 0 radical (unpaired) electrons. The van der Waals surface area contributed by atoms with Crippen molar-refractivity contribution >= 4 is 16.9 Å². The predicted molar refractivity (Wildman–Crippen MR) is 122 cm³/mol. The molecule has 3 nitrogen and oxygen atoms in total. The molecule has 0 fully saturated rings. The fourth-order valence-corrected chi connectivity index (χ4v) is 5.18. The van der Waals surface area contributed by atoms with Crippen molar-refractivity contribution in [1.29, 1.82) is 0 Å². The van der Waals surface area contributed by atoms with Gasteiger partial charge < -0.3 is 9.84 Å². The minimum Gasteiger partial charge on any atom is -0.496 e. The first-order valence-corrected chi connectivity index (χ1v) is 12.6. The number of aliphatic hydroxyl groups is 1. The van der Waals surface area contributed by atoms with Crippen LogP contribution in [0.25, 0.3) is 0 Å². The molecule has 0 saturated carbocycles. The number of carbonyl (C=O) groups excluding carboxylic acids is 1. The first-order chi connectivity index (χ1) is 13.6. The van der Waals surface area contributed by atoms with Crippen molar-refractivity contribution in [3.05, 3.63) is 11.3 Å². The van der Waals surface area contributed by atoms with E-state index in [1.165, 1.54) is 63.1 Å². The second-order valence-electron chi connectivity index (χ2n) is 8.39. The number of rotatable bonds is 18. The monoisotopic (exact) mass is 412 g/mol. The lowest BCUT2D eigenvalue weighted by Crippen LogP contribution is -2.23. The summed E-state index contributed by atoms with van der Waals surface area (Å²) in [6.45, 7) is 7.56. The summed E-state index contributed by atoms with van der Waals surface area (Å²) in [5, 5.41) is 9.12. The van der Waals surface area contributed by atoms with E-state index < -0.39 is 0 Å². The van der Waals surface area contributed by atoms with Gasteiger partial charge in [-0.2, -0.15) is 0 Å². The molecule has 0 spiro atoms. The standard InChI is InChI=1S/C24H44O3S/c1-4-6-7-8-9-10-11-14-18-24(3)22(21(17-5-2)23(26)28-24)27-20-16-13-12-15-19-25/h25H,4-20H2,1-3H3. The molecule has 1 atom stereocenters. The fourth-order valence-electron chi connectivity index (χ4n) is 3.93. The summed E-state index contributed by atoms with van der Waals surface area (Å²) in [5.74, 6) is 0.981. The highest BCUT2D eigenvalue weighted by atomic mass is 32.2. The normalized spacial score (nSPS) is 19.6. The summed E-state index contributed by atoms with van der Waals surface area (Å²) < 4.78 is 6.06. The van der Waals surface area contributed by atoms with Gasteiger partial charge in [0.1, 0.15) is 5.76 Å². The molecule has 1 unspecified atom stereocenters. The van der Waals surface area contributed by atoms with Crippen molar-refractivity contribution in [2.75, 3.05) is 13.2 Å². The smallest absolute Gasteiger partial charge is 0.219 e. The van der Waals surface area contributed by atoms with E-state index in [4.69, 9.17) is 9.84 Å². The highest BCUT2D eigenvalue weighted by Gasteiger charge is 2.43. The average Bonchev–Trinajstić information content (AvgIpc) is 2.91. The van der Waals surface area contributed by atoms with E-state index in [9.17, 15) is 4.79 Å². The number of aliphatic hydroxyl groups excluding tert-OH is 1. The zero-order valence-electron chi connectivity index (χ0n) is 18.7. The Bertz CT molecular complexity index is 461. The third-order valence-corrected chi connectivity index (χ3v) is 6.90. The lowest BCUT2D eigenvalue weighted by atomic mass is 9.95. The predicted octanol–water partition coefficient (Wildman–Crippen LogP) is 7.17. The van der Waals surface area contributed by atoms with E-state index in [-0.39, 0.29) is 16.5 Å². The molecule has 0 aliphatic carbocycles. The summed E-state index contributed by atoms with van der Waals surface area (Å²) in [6.07, 6.45) is 17.3. The third kappa shape index (κ3) is 9.35. The Morgan fingerprint density at radius 3 is 2.11 bits per heavy atom. The molecule has 0 amide bonds. The van der Waals surface area contributed by atoms with Crippen molar-refractivity contribution < 1.29 is 14.6 Å². The molecule has 4 heteroatoms. The molecular weight excluding hydrogens is 368 g/mol. The highest BCUT2D eigenvalue weighted by molar-refractivity contribution is 8.15. The molecule has 0 aromatic rings. The Kier molecular flexibility index (Phi) is 14.0. The van der Waals surface area contributed by atoms with Crippen LogP contribution in [0.5, 0.6) is 0 Å². The van der Waals surface area contributed by atoms with Gasteiger partial charge in [0.25, 0.3) is 0 Å². The first kappa shape index (κ1) is 25.6. The maximum absolute atomic E-state index is 12.6. The number of thioether (sulfide) groups is 1. The molecule has 28 heavy (non-hydrogen) atoms. The van der Waals surface area contributed by atoms with Crippen molar-refractivity contribution in [3.8, 4) is 0 Å². The average molecular weight is 413 g/mol. The van der Waals surface area contributed by atoms with Gasteiger partial charge in [-0.1, -0.05) is 89.8 Å². The van der Waals surface area contributed by atoms with Crippen molar-refractivity contribution in [1.82, 2.24) is 0 Å². The molecule has 0 aromatic heterocycles. The molecule has 1 aliphatic heterocycles. The van der Waals surface area contributed by atoms with Crippen LogP contribution in [0.3, 0.4) is 0 Å².